The molecule has 1 fully saturated rings. The van der Waals surface area contributed by atoms with Crippen LogP contribution in [0.1, 0.15) is 11.5 Å². The zero-order valence-corrected chi connectivity index (χ0v) is 14.7. The van der Waals surface area contributed by atoms with Crippen LogP contribution < -0.4 is 4.90 Å². The highest BCUT2D eigenvalue weighted by Crippen LogP contribution is 2.20. The molecule has 0 aliphatic carbocycles. The third kappa shape index (κ3) is 3.60. The molecule has 0 atom stereocenters. The van der Waals surface area contributed by atoms with Gasteiger partial charge in [-0.2, -0.15) is 4.98 Å². The molecule has 5 nitrogen and oxygen atoms in total. The van der Waals surface area contributed by atoms with E-state index in [1.165, 1.54) is 11.8 Å². The maximum atomic E-state index is 13.7. The van der Waals surface area contributed by atoms with Gasteiger partial charge in [-0.15, -0.1) is 0 Å². The van der Waals surface area contributed by atoms with Crippen LogP contribution >= 0.6 is 0 Å². The number of para-hydroxylation sites is 1. The number of rotatable bonds is 4. The second kappa shape index (κ2) is 7.25. The summed E-state index contributed by atoms with van der Waals surface area (Å²) in [6.45, 7) is 6.15. The summed E-state index contributed by atoms with van der Waals surface area (Å²) in [5, 5.41) is 4.00. The lowest BCUT2D eigenvalue weighted by Crippen LogP contribution is -2.46. The normalized spacial score (nSPS) is 15.4. The van der Waals surface area contributed by atoms with Gasteiger partial charge in [0.05, 0.1) is 6.54 Å². The average Bonchev–Trinajstić information content (AvgIpc) is 3.14. The van der Waals surface area contributed by atoms with E-state index in [9.17, 15) is 4.39 Å². The van der Waals surface area contributed by atoms with Crippen molar-refractivity contribution in [3.05, 3.63) is 65.8 Å². The number of hydrogen-bond donors (Lipinski definition) is 0. The summed E-state index contributed by atoms with van der Waals surface area (Å²) in [6, 6.07) is 15.4. The van der Waals surface area contributed by atoms with Gasteiger partial charge in [-0.25, -0.2) is 4.39 Å². The summed E-state index contributed by atoms with van der Waals surface area (Å²) in [5.41, 5.74) is 2.50. The molecule has 2 heterocycles. The molecule has 0 N–H and O–H groups in total. The Morgan fingerprint density at radius 1 is 1.04 bits per heavy atom. The first-order chi connectivity index (χ1) is 12.7. The van der Waals surface area contributed by atoms with Crippen LogP contribution in [0.25, 0.3) is 11.4 Å². The van der Waals surface area contributed by atoms with E-state index in [4.69, 9.17) is 4.52 Å². The molecular weight excluding hydrogens is 331 g/mol. The molecule has 3 aromatic rings. The molecule has 0 amide bonds. The Balaban J connectivity index is 1.37. The van der Waals surface area contributed by atoms with Gasteiger partial charge < -0.3 is 9.42 Å². The average molecular weight is 352 g/mol. The minimum absolute atomic E-state index is 0.258. The first-order valence-corrected chi connectivity index (χ1v) is 8.80. The van der Waals surface area contributed by atoms with Crippen molar-refractivity contribution in [2.45, 2.75) is 13.5 Å². The zero-order valence-electron chi connectivity index (χ0n) is 14.7. The van der Waals surface area contributed by atoms with Crippen molar-refractivity contribution in [3.8, 4) is 11.4 Å². The van der Waals surface area contributed by atoms with Gasteiger partial charge in [0.15, 0.2) is 0 Å². The molecule has 1 aliphatic heterocycles. The van der Waals surface area contributed by atoms with Crippen molar-refractivity contribution in [1.29, 1.82) is 0 Å². The van der Waals surface area contributed by atoms with Crippen LogP contribution in [0.4, 0.5) is 10.1 Å². The molecule has 1 aromatic heterocycles. The Kier molecular flexibility index (Phi) is 4.67. The molecule has 1 aliphatic rings. The van der Waals surface area contributed by atoms with E-state index in [0.29, 0.717) is 29.4 Å². The van der Waals surface area contributed by atoms with Crippen molar-refractivity contribution in [2.75, 3.05) is 31.1 Å². The molecule has 4 rings (SSSR count). The van der Waals surface area contributed by atoms with Gasteiger partial charge in [-0.05, 0) is 30.7 Å². The highest BCUT2D eigenvalue weighted by atomic mass is 19.1. The van der Waals surface area contributed by atoms with Crippen LogP contribution in [-0.2, 0) is 6.54 Å². The van der Waals surface area contributed by atoms with Gasteiger partial charge in [-0.1, -0.05) is 35.5 Å². The molecule has 0 unspecified atom stereocenters. The van der Waals surface area contributed by atoms with E-state index in [0.717, 1.165) is 26.2 Å². The summed E-state index contributed by atoms with van der Waals surface area (Å²) in [5.74, 6) is 0.738. The van der Waals surface area contributed by atoms with Crippen molar-refractivity contribution >= 4 is 5.69 Å². The Hall–Kier alpha value is -2.73. The smallest absolute Gasteiger partial charge is 0.241 e. The number of aryl methyl sites for hydroxylation is 1. The Morgan fingerprint density at radius 3 is 2.54 bits per heavy atom. The summed E-state index contributed by atoms with van der Waals surface area (Å²) in [6.07, 6.45) is 0. The number of hydrogen-bond acceptors (Lipinski definition) is 5. The second-order valence-electron chi connectivity index (χ2n) is 6.57. The largest absolute Gasteiger partial charge is 0.369 e. The van der Waals surface area contributed by atoms with Crippen LogP contribution in [0.15, 0.2) is 53.1 Å². The van der Waals surface area contributed by atoms with E-state index >= 15 is 0 Å². The molecule has 0 spiro atoms. The quantitative estimate of drug-likeness (QED) is 0.719. The molecule has 0 radical (unpaired) electrons. The summed E-state index contributed by atoms with van der Waals surface area (Å²) in [4.78, 5) is 9.10. The predicted octanol–water partition coefficient (Wildman–Crippen LogP) is 3.51. The number of benzene rings is 2. The van der Waals surface area contributed by atoms with E-state index in [-0.39, 0.29) is 5.82 Å². The lowest BCUT2D eigenvalue weighted by atomic mass is 10.1. The molecule has 26 heavy (non-hydrogen) atoms. The second-order valence-corrected chi connectivity index (χ2v) is 6.57. The van der Waals surface area contributed by atoms with E-state index in [2.05, 4.69) is 44.2 Å². The molecule has 0 saturated carbocycles. The molecule has 6 heteroatoms. The minimum atomic E-state index is -0.258. The molecule has 0 bridgehead atoms. The molecule has 2 aromatic carbocycles. The van der Waals surface area contributed by atoms with Gasteiger partial charge in [-0.3, -0.25) is 4.90 Å². The van der Waals surface area contributed by atoms with Crippen LogP contribution in [-0.4, -0.2) is 41.2 Å². The van der Waals surface area contributed by atoms with Gasteiger partial charge in [0.1, 0.15) is 5.82 Å². The monoisotopic (exact) mass is 352 g/mol. The number of piperazine rings is 1. The molecular formula is C20H21FN4O. The Bertz CT molecular complexity index is 873. The fourth-order valence-electron chi connectivity index (χ4n) is 3.16. The first-order valence-electron chi connectivity index (χ1n) is 8.80. The van der Waals surface area contributed by atoms with Crippen LogP contribution in [0.2, 0.25) is 0 Å². The van der Waals surface area contributed by atoms with Gasteiger partial charge in [0, 0.05) is 37.4 Å². The highest BCUT2D eigenvalue weighted by molar-refractivity contribution is 5.54. The van der Waals surface area contributed by atoms with Crippen LogP contribution in [0, 0.1) is 12.7 Å². The van der Waals surface area contributed by atoms with Crippen molar-refractivity contribution in [3.63, 3.8) is 0 Å². The standard InChI is InChI=1S/C20H21FN4O/c1-15-7-8-16(13-18(15)21)20-22-19(26-23-20)14-24-9-11-25(12-10-24)17-5-3-2-4-6-17/h2-8,13H,9-12,14H2,1H3. The van der Waals surface area contributed by atoms with Crippen molar-refractivity contribution in [1.82, 2.24) is 15.0 Å². The molecule has 134 valence electrons. The lowest BCUT2D eigenvalue weighted by molar-refractivity contribution is 0.215. The summed E-state index contributed by atoms with van der Waals surface area (Å²) in [7, 11) is 0. The summed E-state index contributed by atoms with van der Waals surface area (Å²) < 4.78 is 19.1. The topological polar surface area (TPSA) is 45.4 Å². The number of halogens is 1. The Labute approximate surface area is 152 Å². The number of aromatic nitrogens is 2. The van der Waals surface area contributed by atoms with E-state index < -0.39 is 0 Å². The SMILES string of the molecule is Cc1ccc(-c2noc(CN3CCN(c4ccccc4)CC3)n2)cc1F. The first kappa shape index (κ1) is 16.7. The van der Waals surface area contributed by atoms with Gasteiger partial charge in [0.25, 0.3) is 0 Å². The third-order valence-corrected chi connectivity index (χ3v) is 4.75. The van der Waals surface area contributed by atoms with Crippen molar-refractivity contribution < 1.29 is 8.91 Å². The minimum Gasteiger partial charge on any atom is -0.369 e. The fourth-order valence-corrected chi connectivity index (χ4v) is 3.16. The maximum Gasteiger partial charge on any atom is 0.241 e. The lowest BCUT2D eigenvalue weighted by Gasteiger charge is -2.35. The number of nitrogens with zero attached hydrogens (tertiary/aromatic N) is 4. The molecule has 1 saturated heterocycles. The van der Waals surface area contributed by atoms with Crippen LogP contribution in [0.3, 0.4) is 0 Å². The van der Waals surface area contributed by atoms with Crippen molar-refractivity contribution in [2.24, 2.45) is 0 Å². The van der Waals surface area contributed by atoms with Crippen LogP contribution in [0.5, 0.6) is 0 Å². The van der Waals surface area contributed by atoms with E-state index in [1.807, 2.05) is 12.1 Å². The Morgan fingerprint density at radius 2 is 1.81 bits per heavy atom. The fraction of sp³-hybridized carbons (Fsp3) is 0.300. The zero-order chi connectivity index (χ0) is 17.9. The number of anilines is 1. The van der Waals surface area contributed by atoms with Gasteiger partial charge >= 0.3 is 0 Å². The maximum absolute atomic E-state index is 13.7. The van der Waals surface area contributed by atoms with Gasteiger partial charge in [0.2, 0.25) is 11.7 Å². The van der Waals surface area contributed by atoms with E-state index in [1.54, 1.807) is 13.0 Å². The summed E-state index contributed by atoms with van der Waals surface area (Å²) >= 11 is 0. The third-order valence-electron chi connectivity index (χ3n) is 4.75. The predicted molar refractivity (Wildman–Crippen MR) is 98.4 cm³/mol. The highest BCUT2D eigenvalue weighted by Gasteiger charge is 2.19.